The van der Waals surface area contributed by atoms with E-state index in [1.807, 2.05) is 0 Å². The maximum Gasteiger partial charge on any atom is 0.277 e. The molecule has 0 aliphatic rings. The SMILES string of the molecule is C[C@H](NC(=O)CCCCCn1nnc2ccccc2c1=O)C(=O)[O-]. The average Bonchev–Trinajstić information content (AvgIpc) is 2.56. The van der Waals surface area contributed by atoms with Crippen LogP contribution in [0, 0.1) is 0 Å². The van der Waals surface area contributed by atoms with Crippen molar-refractivity contribution in [3.8, 4) is 0 Å². The molecule has 0 unspecified atom stereocenters. The van der Waals surface area contributed by atoms with Crippen LogP contribution in [0.2, 0.25) is 0 Å². The Kier molecular flexibility index (Phi) is 6.00. The van der Waals surface area contributed by atoms with Crippen LogP contribution in [0.15, 0.2) is 29.1 Å². The van der Waals surface area contributed by atoms with Gasteiger partial charge in [-0.2, -0.15) is 0 Å². The third-order valence-electron chi connectivity index (χ3n) is 3.63. The van der Waals surface area contributed by atoms with Gasteiger partial charge in [0.05, 0.1) is 17.4 Å². The molecule has 24 heavy (non-hydrogen) atoms. The molecular formula is C16H19N4O4-. The number of nitrogens with zero attached hydrogens (tertiary/aromatic N) is 3. The topological polar surface area (TPSA) is 117 Å². The number of carboxylic acids is 1. The quantitative estimate of drug-likeness (QED) is 0.658. The molecule has 1 heterocycles. The third-order valence-corrected chi connectivity index (χ3v) is 3.63. The van der Waals surface area contributed by atoms with Crippen molar-refractivity contribution in [3.05, 3.63) is 34.6 Å². The molecule has 2 aromatic rings. The molecule has 0 aliphatic heterocycles. The van der Waals surface area contributed by atoms with Crippen molar-refractivity contribution in [1.82, 2.24) is 20.3 Å². The summed E-state index contributed by atoms with van der Waals surface area (Å²) >= 11 is 0. The van der Waals surface area contributed by atoms with E-state index >= 15 is 0 Å². The number of hydrogen-bond acceptors (Lipinski definition) is 6. The number of nitrogens with one attached hydrogen (secondary N) is 1. The maximum absolute atomic E-state index is 12.2. The highest BCUT2D eigenvalue weighted by molar-refractivity contribution is 5.82. The Morgan fingerprint density at radius 3 is 2.75 bits per heavy atom. The Balaban J connectivity index is 1.77. The van der Waals surface area contributed by atoms with Gasteiger partial charge in [-0.05, 0) is 31.9 Å². The van der Waals surface area contributed by atoms with Gasteiger partial charge in [0.25, 0.3) is 5.56 Å². The fraction of sp³-hybridized carbons (Fsp3) is 0.438. The molecule has 1 aromatic carbocycles. The minimum atomic E-state index is -1.31. The lowest BCUT2D eigenvalue weighted by Crippen LogP contribution is -2.45. The number of unbranched alkanes of at least 4 members (excludes halogenated alkanes) is 2. The first-order valence-corrected chi connectivity index (χ1v) is 7.82. The van der Waals surface area contributed by atoms with Crippen LogP contribution in [-0.4, -0.2) is 32.9 Å². The number of carbonyl (C=O) groups is 2. The van der Waals surface area contributed by atoms with Crippen molar-refractivity contribution < 1.29 is 14.7 Å². The fourth-order valence-electron chi connectivity index (χ4n) is 2.27. The summed E-state index contributed by atoms with van der Waals surface area (Å²) in [6, 6.07) is 6.03. The highest BCUT2D eigenvalue weighted by atomic mass is 16.4. The molecule has 2 rings (SSSR count). The van der Waals surface area contributed by atoms with Crippen LogP contribution in [-0.2, 0) is 16.1 Å². The van der Waals surface area contributed by atoms with Gasteiger partial charge in [-0.1, -0.05) is 23.8 Å². The molecule has 0 spiro atoms. The first kappa shape index (κ1) is 17.6. The van der Waals surface area contributed by atoms with Crippen molar-refractivity contribution in [2.75, 3.05) is 0 Å². The molecule has 0 bridgehead atoms. The van der Waals surface area contributed by atoms with Gasteiger partial charge in [-0.3, -0.25) is 9.59 Å². The third kappa shape index (κ3) is 4.61. The molecule has 8 heteroatoms. The number of carbonyl (C=O) groups excluding carboxylic acids is 2. The molecule has 1 N–H and O–H groups in total. The molecule has 0 fully saturated rings. The summed E-state index contributed by atoms with van der Waals surface area (Å²) in [7, 11) is 0. The summed E-state index contributed by atoms with van der Waals surface area (Å²) in [5.74, 6) is -1.63. The number of hydrogen-bond donors (Lipinski definition) is 1. The zero-order chi connectivity index (χ0) is 17.5. The van der Waals surface area contributed by atoms with Crippen molar-refractivity contribution >= 4 is 22.8 Å². The molecule has 0 saturated carbocycles. The number of carboxylic acid groups (broad SMARTS) is 1. The molecule has 0 aliphatic carbocycles. The van der Waals surface area contributed by atoms with Gasteiger partial charge in [0.1, 0.15) is 5.52 Å². The first-order valence-electron chi connectivity index (χ1n) is 7.82. The normalized spacial score (nSPS) is 12.0. The van der Waals surface area contributed by atoms with Crippen molar-refractivity contribution in [3.63, 3.8) is 0 Å². The first-order chi connectivity index (χ1) is 11.5. The van der Waals surface area contributed by atoms with Crippen molar-refractivity contribution in [2.45, 2.75) is 45.2 Å². The summed E-state index contributed by atoms with van der Waals surface area (Å²) in [6.07, 6.45) is 2.22. The Labute approximate surface area is 138 Å². The summed E-state index contributed by atoms with van der Waals surface area (Å²) < 4.78 is 1.32. The fourth-order valence-corrected chi connectivity index (χ4v) is 2.27. The van der Waals surface area contributed by atoms with Crippen LogP contribution in [0.25, 0.3) is 10.9 Å². The van der Waals surface area contributed by atoms with Gasteiger partial charge < -0.3 is 15.2 Å². The van der Waals surface area contributed by atoms with E-state index in [0.717, 1.165) is 0 Å². The van der Waals surface area contributed by atoms with E-state index in [2.05, 4.69) is 15.6 Å². The van der Waals surface area contributed by atoms with Gasteiger partial charge in [0.15, 0.2) is 0 Å². The number of benzene rings is 1. The molecule has 1 atom stereocenters. The summed E-state index contributed by atoms with van der Waals surface area (Å²) in [4.78, 5) is 34.3. The Morgan fingerprint density at radius 2 is 2.00 bits per heavy atom. The average molecular weight is 331 g/mol. The van der Waals surface area contributed by atoms with E-state index < -0.39 is 12.0 Å². The molecule has 1 amide bonds. The standard InChI is InChI=1S/C16H20N4O4/c1-11(16(23)24)17-14(21)9-3-2-6-10-20-15(22)12-7-4-5-8-13(12)18-19-20/h4-5,7-8,11H,2-3,6,9-10H2,1H3,(H,17,21)(H,23,24)/p-1/t11-/m0/s1. The van der Waals surface area contributed by atoms with Crippen molar-refractivity contribution in [2.24, 2.45) is 0 Å². The molecule has 0 saturated heterocycles. The number of amides is 1. The lowest BCUT2D eigenvalue weighted by atomic mass is 10.2. The highest BCUT2D eigenvalue weighted by Gasteiger charge is 2.08. The number of aromatic nitrogens is 3. The van der Waals surface area contributed by atoms with Crippen LogP contribution in [0.3, 0.4) is 0 Å². The Bertz CT molecular complexity index is 787. The Morgan fingerprint density at radius 1 is 1.25 bits per heavy atom. The van der Waals surface area contributed by atoms with Gasteiger partial charge in [-0.15, -0.1) is 5.10 Å². The zero-order valence-electron chi connectivity index (χ0n) is 13.4. The smallest absolute Gasteiger partial charge is 0.277 e. The molecular weight excluding hydrogens is 312 g/mol. The minimum absolute atomic E-state index is 0.180. The van der Waals surface area contributed by atoms with Gasteiger partial charge in [0.2, 0.25) is 5.91 Å². The van der Waals surface area contributed by atoms with E-state index in [9.17, 15) is 19.5 Å². The van der Waals surface area contributed by atoms with Crippen LogP contribution in [0.1, 0.15) is 32.6 Å². The van der Waals surface area contributed by atoms with E-state index in [0.29, 0.717) is 36.7 Å². The van der Waals surface area contributed by atoms with E-state index in [1.54, 1.807) is 24.3 Å². The number of rotatable bonds is 8. The van der Waals surface area contributed by atoms with Crippen LogP contribution < -0.4 is 16.0 Å². The molecule has 0 radical (unpaired) electrons. The van der Waals surface area contributed by atoms with Gasteiger partial charge in [0, 0.05) is 13.0 Å². The highest BCUT2D eigenvalue weighted by Crippen LogP contribution is 2.05. The zero-order valence-corrected chi connectivity index (χ0v) is 13.4. The lowest BCUT2D eigenvalue weighted by Gasteiger charge is -2.14. The number of aryl methyl sites for hydroxylation is 1. The van der Waals surface area contributed by atoms with Crippen molar-refractivity contribution in [1.29, 1.82) is 0 Å². The summed E-state index contributed by atoms with van der Waals surface area (Å²) in [5, 5.41) is 21.3. The van der Waals surface area contributed by atoms with Gasteiger partial charge in [-0.25, -0.2) is 4.68 Å². The van der Waals surface area contributed by atoms with E-state index in [-0.39, 0.29) is 17.9 Å². The summed E-state index contributed by atoms with van der Waals surface area (Å²) in [6.45, 7) is 1.78. The van der Waals surface area contributed by atoms with Gasteiger partial charge >= 0.3 is 0 Å². The molecule has 1 aromatic heterocycles. The second kappa shape index (κ2) is 8.19. The van der Waals surface area contributed by atoms with E-state index in [4.69, 9.17) is 0 Å². The molecule has 128 valence electrons. The largest absolute Gasteiger partial charge is 0.548 e. The second-order valence-corrected chi connectivity index (χ2v) is 5.55. The summed E-state index contributed by atoms with van der Waals surface area (Å²) in [5.41, 5.74) is 0.388. The second-order valence-electron chi connectivity index (χ2n) is 5.55. The van der Waals surface area contributed by atoms with Crippen LogP contribution in [0.5, 0.6) is 0 Å². The molecule has 8 nitrogen and oxygen atoms in total. The van der Waals surface area contributed by atoms with Crippen LogP contribution in [0.4, 0.5) is 0 Å². The maximum atomic E-state index is 12.2. The lowest BCUT2D eigenvalue weighted by molar-refractivity contribution is -0.307. The van der Waals surface area contributed by atoms with E-state index in [1.165, 1.54) is 11.6 Å². The number of aliphatic carboxylic acids is 1. The monoisotopic (exact) mass is 331 g/mol. The predicted octanol–water partition coefficient (Wildman–Crippen LogP) is -0.393. The minimum Gasteiger partial charge on any atom is -0.548 e. The number of fused-ring (bicyclic) bond motifs is 1. The predicted molar refractivity (Wildman–Crippen MR) is 84.9 cm³/mol. The van der Waals surface area contributed by atoms with Crippen LogP contribution >= 0.6 is 0 Å². The Hall–Kier alpha value is -2.77.